The Bertz CT molecular complexity index is 619. The molecule has 6 atom stereocenters. The monoisotopic (exact) mass is 444 g/mol. The minimum atomic E-state index is -0.0547. The predicted molar refractivity (Wildman–Crippen MR) is 130 cm³/mol. The van der Waals surface area contributed by atoms with Gasteiger partial charge in [0, 0.05) is 20.1 Å². The molecule has 0 aromatic rings. The first-order valence-electron chi connectivity index (χ1n) is 14.0. The van der Waals surface area contributed by atoms with E-state index in [1.807, 2.05) is 14.2 Å². The fourth-order valence-corrected chi connectivity index (χ4v) is 8.73. The fraction of sp³-hybridized carbons (Fsp3) is 0.931. The van der Waals surface area contributed by atoms with Crippen molar-refractivity contribution in [2.24, 2.45) is 41.4 Å². The zero-order chi connectivity index (χ0) is 22.3. The van der Waals surface area contributed by atoms with Crippen molar-refractivity contribution in [1.82, 2.24) is 0 Å². The molecule has 32 heavy (non-hydrogen) atoms. The molecule has 182 valence electrons. The number of ether oxygens (including phenoxy) is 3. The summed E-state index contributed by atoms with van der Waals surface area (Å²) in [4.78, 5) is 0. The van der Waals surface area contributed by atoms with E-state index in [4.69, 9.17) is 14.2 Å². The lowest BCUT2D eigenvalue weighted by atomic mass is 9.57. The first-order valence-corrected chi connectivity index (χ1v) is 14.0. The van der Waals surface area contributed by atoms with Crippen LogP contribution in [0.3, 0.4) is 0 Å². The molecular formula is C29H48O3. The van der Waals surface area contributed by atoms with Gasteiger partial charge in [-0.3, -0.25) is 0 Å². The lowest BCUT2D eigenvalue weighted by Gasteiger charge is -2.58. The quantitative estimate of drug-likeness (QED) is 0.446. The highest BCUT2D eigenvalue weighted by Gasteiger charge is 2.55. The van der Waals surface area contributed by atoms with Crippen LogP contribution in [0.1, 0.15) is 90.9 Å². The fourth-order valence-electron chi connectivity index (χ4n) is 8.73. The lowest BCUT2D eigenvalue weighted by Crippen LogP contribution is -2.58. The number of hydrogen-bond acceptors (Lipinski definition) is 3. The van der Waals surface area contributed by atoms with Gasteiger partial charge in [-0.25, -0.2) is 0 Å². The Balaban J connectivity index is 1.44. The molecule has 0 bridgehead atoms. The van der Waals surface area contributed by atoms with E-state index in [0.29, 0.717) is 36.1 Å². The molecule has 5 aliphatic rings. The van der Waals surface area contributed by atoms with Crippen LogP contribution < -0.4 is 0 Å². The summed E-state index contributed by atoms with van der Waals surface area (Å²) in [5.41, 5.74) is -0.0547. The molecule has 5 rings (SSSR count). The van der Waals surface area contributed by atoms with Crippen molar-refractivity contribution in [2.45, 2.75) is 115 Å². The van der Waals surface area contributed by atoms with Crippen LogP contribution in [-0.4, -0.2) is 38.1 Å². The van der Waals surface area contributed by atoms with Gasteiger partial charge in [-0.2, -0.15) is 0 Å². The highest BCUT2D eigenvalue weighted by atomic mass is 16.5. The molecule has 0 aromatic carbocycles. The second-order valence-electron chi connectivity index (χ2n) is 12.3. The molecule has 0 spiro atoms. The van der Waals surface area contributed by atoms with Gasteiger partial charge in [0.2, 0.25) is 0 Å². The van der Waals surface area contributed by atoms with Gasteiger partial charge in [0.15, 0.2) is 0 Å². The molecule has 3 heteroatoms. The normalized spacial score (nSPS) is 51.6. The van der Waals surface area contributed by atoms with E-state index < -0.39 is 0 Å². The zero-order valence-electron chi connectivity index (χ0n) is 21.1. The molecule has 0 radical (unpaired) electrons. The van der Waals surface area contributed by atoms with Crippen molar-refractivity contribution in [1.29, 1.82) is 0 Å². The highest BCUT2D eigenvalue weighted by Crippen LogP contribution is 2.56. The van der Waals surface area contributed by atoms with E-state index in [9.17, 15) is 0 Å². The van der Waals surface area contributed by atoms with E-state index in [1.165, 1.54) is 77.0 Å². The average Bonchev–Trinajstić information content (AvgIpc) is 2.84. The van der Waals surface area contributed by atoms with Crippen LogP contribution in [0, 0.1) is 41.4 Å². The Morgan fingerprint density at radius 3 is 1.91 bits per heavy atom. The molecule has 0 saturated heterocycles. The molecule has 4 aliphatic carbocycles. The first kappa shape index (κ1) is 23.4. The summed E-state index contributed by atoms with van der Waals surface area (Å²) in [5.74, 6) is 5.20. The van der Waals surface area contributed by atoms with Crippen LogP contribution >= 0.6 is 0 Å². The molecule has 1 heterocycles. The molecule has 4 saturated carbocycles. The van der Waals surface area contributed by atoms with Gasteiger partial charge in [-0.1, -0.05) is 32.4 Å². The first-order chi connectivity index (χ1) is 15.5. The molecule has 4 fully saturated rings. The SMILES string of the molecule is COC1CCC(C2(C3CCC(OC)CC3)C=CC3C(C)CC4CCC(C)CC4C3O2)CC1. The van der Waals surface area contributed by atoms with Crippen molar-refractivity contribution >= 4 is 0 Å². The maximum Gasteiger partial charge on any atom is 0.0922 e. The largest absolute Gasteiger partial charge is 0.381 e. The van der Waals surface area contributed by atoms with E-state index >= 15 is 0 Å². The van der Waals surface area contributed by atoms with Gasteiger partial charge in [0.05, 0.1) is 23.9 Å². The summed E-state index contributed by atoms with van der Waals surface area (Å²) in [6.45, 7) is 4.98. The second kappa shape index (κ2) is 9.70. The van der Waals surface area contributed by atoms with E-state index in [0.717, 1.165) is 23.7 Å². The minimum Gasteiger partial charge on any atom is -0.381 e. The smallest absolute Gasteiger partial charge is 0.0922 e. The summed E-state index contributed by atoms with van der Waals surface area (Å²) in [6, 6.07) is 0. The summed E-state index contributed by atoms with van der Waals surface area (Å²) in [5, 5.41) is 0. The molecule has 1 aliphatic heterocycles. The Morgan fingerprint density at radius 2 is 1.34 bits per heavy atom. The number of fused-ring (bicyclic) bond motifs is 3. The number of hydrogen-bond donors (Lipinski definition) is 0. The van der Waals surface area contributed by atoms with Crippen LogP contribution in [-0.2, 0) is 14.2 Å². The van der Waals surface area contributed by atoms with Gasteiger partial charge in [-0.05, 0) is 106 Å². The standard InChI is InChI=1S/C29H48O3/c1-19-5-6-21-18-20(2)26-15-16-29(32-28(26)27(21)17-19,22-7-11-24(30-3)12-8-22)23-9-13-25(31-4)14-10-23/h15-16,19-28H,5-14,17-18H2,1-4H3. The van der Waals surface area contributed by atoms with Crippen LogP contribution in [0.15, 0.2) is 12.2 Å². The van der Waals surface area contributed by atoms with Crippen LogP contribution in [0.4, 0.5) is 0 Å². The van der Waals surface area contributed by atoms with E-state index in [2.05, 4.69) is 26.0 Å². The third kappa shape index (κ3) is 4.24. The molecule has 0 aromatic heterocycles. The predicted octanol–water partition coefficient (Wildman–Crippen LogP) is 6.80. The topological polar surface area (TPSA) is 27.7 Å². The maximum atomic E-state index is 7.61. The van der Waals surface area contributed by atoms with Gasteiger partial charge >= 0.3 is 0 Å². The molecule has 3 nitrogen and oxygen atoms in total. The van der Waals surface area contributed by atoms with E-state index in [-0.39, 0.29) is 5.60 Å². The van der Waals surface area contributed by atoms with Crippen molar-refractivity contribution in [3.8, 4) is 0 Å². The van der Waals surface area contributed by atoms with Crippen LogP contribution in [0.5, 0.6) is 0 Å². The molecule has 6 unspecified atom stereocenters. The Kier molecular flexibility index (Phi) is 7.08. The van der Waals surface area contributed by atoms with Crippen molar-refractivity contribution in [2.75, 3.05) is 14.2 Å². The number of methoxy groups -OCH3 is 2. The second-order valence-corrected chi connectivity index (χ2v) is 12.3. The van der Waals surface area contributed by atoms with Gasteiger partial charge in [-0.15, -0.1) is 0 Å². The highest BCUT2D eigenvalue weighted by molar-refractivity contribution is 5.19. The van der Waals surface area contributed by atoms with Gasteiger partial charge in [0.25, 0.3) is 0 Å². The van der Waals surface area contributed by atoms with Crippen molar-refractivity contribution in [3.63, 3.8) is 0 Å². The minimum absolute atomic E-state index is 0.0547. The van der Waals surface area contributed by atoms with Gasteiger partial charge in [0.1, 0.15) is 0 Å². The van der Waals surface area contributed by atoms with E-state index in [1.54, 1.807) is 0 Å². The third-order valence-electron chi connectivity index (χ3n) is 10.7. The molecular weight excluding hydrogens is 396 g/mol. The Hall–Kier alpha value is -0.380. The van der Waals surface area contributed by atoms with Crippen molar-refractivity contribution in [3.05, 3.63) is 12.2 Å². The molecule has 0 N–H and O–H groups in total. The van der Waals surface area contributed by atoms with Crippen molar-refractivity contribution < 1.29 is 14.2 Å². The summed E-state index contributed by atoms with van der Waals surface area (Å²) in [6.07, 6.45) is 22.1. The Morgan fingerprint density at radius 1 is 0.750 bits per heavy atom. The molecule has 0 amide bonds. The lowest BCUT2D eigenvalue weighted by molar-refractivity contribution is -0.210. The zero-order valence-corrected chi connectivity index (χ0v) is 21.1. The average molecular weight is 445 g/mol. The van der Waals surface area contributed by atoms with Crippen LogP contribution in [0.2, 0.25) is 0 Å². The summed E-state index contributed by atoms with van der Waals surface area (Å²) in [7, 11) is 3.78. The third-order valence-corrected chi connectivity index (χ3v) is 10.7. The van der Waals surface area contributed by atoms with Crippen LogP contribution in [0.25, 0.3) is 0 Å². The van der Waals surface area contributed by atoms with Gasteiger partial charge < -0.3 is 14.2 Å². The Labute approximate surface area is 197 Å². The maximum absolute atomic E-state index is 7.61. The number of rotatable bonds is 4. The summed E-state index contributed by atoms with van der Waals surface area (Å²) < 4.78 is 19.1. The summed E-state index contributed by atoms with van der Waals surface area (Å²) >= 11 is 0.